The Morgan fingerprint density at radius 3 is 2.47 bits per heavy atom. The summed E-state index contributed by atoms with van der Waals surface area (Å²) in [6.45, 7) is 10.3. The van der Waals surface area contributed by atoms with E-state index in [9.17, 15) is 0 Å². The third kappa shape index (κ3) is 4.87. The first-order valence-electron chi connectivity index (χ1n) is 6.69. The van der Waals surface area contributed by atoms with Crippen molar-refractivity contribution in [1.82, 2.24) is 9.97 Å². The van der Waals surface area contributed by atoms with Crippen LogP contribution in [0.5, 0.6) is 0 Å². The Labute approximate surface area is 129 Å². The number of hydrogen-bond acceptors (Lipinski definition) is 4. The van der Waals surface area contributed by atoms with Gasteiger partial charge >= 0.3 is 0 Å². The van der Waals surface area contributed by atoms with E-state index < -0.39 is 0 Å². The number of methoxy groups -OCH3 is 1. The SMILES string of the molecule is CCCNc1nc(CCOC)nc(C(C)(C)C)c1I. The Morgan fingerprint density at radius 2 is 1.95 bits per heavy atom. The first-order valence-corrected chi connectivity index (χ1v) is 7.77. The first kappa shape index (κ1) is 16.6. The van der Waals surface area contributed by atoms with E-state index in [0.717, 1.165) is 40.3 Å². The van der Waals surface area contributed by atoms with Gasteiger partial charge < -0.3 is 10.1 Å². The van der Waals surface area contributed by atoms with E-state index in [1.54, 1.807) is 7.11 Å². The number of ether oxygens (including phenoxy) is 1. The van der Waals surface area contributed by atoms with E-state index in [1.165, 1.54) is 0 Å². The maximum absolute atomic E-state index is 5.12. The Kier molecular flexibility index (Phi) is 6.46. The predicted molar refractivity (Wildman–Crippen MR) is 87.8 cm³/mol. The molecular weight excluding hydrogens is 353 g/mol. The molecular formula is C14H24IN3O. The molecule has 0 aliphatic carbocycles. The Morgan fingerprint density at radius 1 is 1.26 bits per heavy atom. The average molecular weight is 377 g/mol. The molecule has 0 aliphatic heterocycles. The van der Waals surface area contributed by atoms with Gasteiger partial charge in [0.15, 0.2) is 0 Å². The fourth-order valence-corrected chi connectivity index (χ4v) is 2.90. The second-order valence-electron chi connectivity index (χ2n) is 5.57. The highest BCUT2D eigenvalue weighted by Gasteiger charge is 2.22. The van der Waals surface area contributed by atoms with Crippen LogP contribution in [-0.4, -0.2) is 30.2 Å². The summed E-state index contributed by atoms with van der Waals surface area (Å²) in [4.78, 5) is 9.32. The van der Waals surface area contributed by atoms with Gasteiger partial charge in [0.1, 0.15) is 11.6 Å². The Hall–Kier alpha value is -0.430. The van der Waals surface area contributed by atoms with Crippen LogP contribution >= 0.6 is 22.6 Å². The van der Waals surface area contributed by atoms with Gasteiger partial charge in [0.25, 0.3) is 0 Å². The lowest BCUT2D eigenvalue weighted by atomic mass is 9.92. The van der Waals surface area contributed by atoms with Crippen LogP contribution in [0.1, 0.15) is 45.6 Å². The molecule has 0 saturated heterocycles. The van der Waals surface area contributed by atoms with Gasteiger partial charge in [-0.3, -0.25) is 0 Å². The largest absolute Gasteiger partial charge is 0.384 e. The summed E-state index contributed by atoms with van der Waals surface area (Å²) >= 11 is 2.34. The molecule has 108 valence electrons. The van der Waals surface area contributed by atoms with Gasteiger partial charge in [0.05, 0.1) is 15.9 Å². The minimum absolute atomic E-state index is 0.0178. The van der Waals surface area contributed by atoms with Crippen molar-refractivity contribution >= 4 is 28.4 Å². The van der Waals surface area contributed by atoms with Gasteiger partial charge in [-0.25, -0.2) is 9.97 Å². The van der Waals surface area contributed by atoms with Crippen molar-refractivity contribution in [2.24, 2.45) is 0 Å². The minimum Gasteiger partial charge on any atom is -0.384 e. The molecule has 4 nitrogen and oxygen atoms in total. The highest BCUT2D eigenvalue weighted by atomic mass is 127. The highest BCUT2D eigenvalue weighted by Crippen LogP contribution is 2.29. The van der Waals surface area contributed by atoms with E-state index in [2.05, 4.69) is 60.6 Å². The molecule has 0 unspecified atom stereocenters. The van der Waals surface area contributed by atoms with E-state index in [0.29, 0.717) is 6.61 Å². The molecule has 0 aliphatic rings. The molecule has 0 spiro atoms. The molecule has 0 saturated carbocycles. The standard InChI is InChI=1S/C14H24IN3O/c1-6-8-16-13-11(15)12(14(2,3)4)17-10(18-13)7-9-19-5/h6-9H2,1-5H3,(H,16,17,18). The quantitative estimate of drug-likeness (QED) is 0.773. The second kappa shape index (κ2) is 7.38. The zero-order chi connectivity index (χ0) is 14.5. The third-order valence-electron chi connectivity index (χ3n) is 2.68. The van der Waals surface area contributed by atoms with Crippen LogP contribution in [0, 0.1) is 3.57 Å². The van der Waals surface area contributed by atoms with Crippen molar-refractivity contribution in [2.45, 2.75) is 46.0 Å². The molecule has 1 rings (SSSR count). The fraction of sp³-hybridized carbons (Fsp3) is 0.714. The van der Waals surface area contributed by atoms with Crippen molar-refractivity contribution in [3.05, 3.63) is 15.1 Å². The molecule has 19 heavy (non-hydrogen) atoms. The van der Waals surface area contributed by atoms with Crippen molar-refractivity contribution < 1.29 is 4.74 Å². The number of nitrogens with zero attached hydrogens (tertiary/aromatic N) is 2. The Balaban J connectivity index is 3.14. The van der Waals surface area contributed by atoms with Crippen LogP contribution in [-0.2, 0) is 16.6 Å². The van der Waals surface area contributed by atoms with Crippen LogP contribution in [0.3, 0.4) is 0 Å². The van der Waals surface area contributed by atoms with Gasteiger partial charge in [-0.2, -0.15) is 0 Å². The van der Waals surface area contributed by atoms with Gasteiger partial charge in [-0.1, -0.05) is 27.7 Å². The lowest BCUT2D eigenvalue weighted by Crippen LogP contribution is -2.20. The summed E-state index contributed by atoms with van der Waals surface area (Å²) in [6, 6.07) is 0. The van der Waals surface area contributed by atoms with Crippen LogP contribution in [0.15, 0.2) is 0 Å². The van der Waals surface area contributed by atoms with E-state index >= 15 is 0 Å². The topological polar surface area (TPSA) is 47.0 Å². The summed E-state index contributed by atoms with van der Waals surface area (Å²) < 4.78 is 6.24. The molecule has 0 radical (unpaired) electrons. The third-order valence-corrected chi connectivity index (χ3v) is 3.70. The maximum Gasteiger partial charge on any atom is 0.143 e. The van der Waals surface area contributed by atoms with E-state index in [1.807, 2.05) is 0 Å². The van der Waals surface area contributed by atoms with Gasteiger partial charge in [0.2, 0.25) is 0 Å². The number of halogens is 1. The van der Waals surface area contributed by atoms with E-state index in [4.69, 9.17) is 9.72 Å². The number of rotatable bonds is 6. The van der Waals surface area contributed by atoms with Crippen molar-refractivity contribution in [2.75, 3.05) is 25.6 Å². The Bertz CT molecular complexity index is 416. The molecule has 0 bridgehead atoms. The summed E-state index contributed by atoms with van der Waals surface area (Å²) in [6.07, 6.45) is 1.83. The second-order valence-corrected chi connectivity index (χ2v) is 6.65. The smallest absolute Gasteiger partial charge is 0.143 e. The normalized spacial score (nSPS) is 11.7. The number of anilines is 1. The van der Waals surface area contributed by atoms with Crippen molar-refractivity contribution in [1.29, 1.82) is 0 Å². The summed E-state index contributed by atoms with van der Waals surface area (Å²) in [5.74, 6) is 1.80. The molecule has 1 aromatic rings. The van der Waals surface area contributed by atoms with Crippen molar-refractivity contribution in [3.8, 4) is 0 Å². The lowest BCUT2D eigenvalue weighted by molar-refractivity contribution is 0.200. The molecule has 1 heterocycles. The zero-order valence-electron chi connectivity index (χ0n) is 12.5. The van der Waals surface area contributed by atoms with Gasteiger partial charge in [-0.15, -0.1) is 0 Å². The van der Waals surface area contributed by atoms with Crippen LogP contribution in [0.2, 0.25) is 0 Å². The molecule has 5 heteroatoms. The van der Waals surface area contributed by atoms with Gasteiger partial charge in [0, 0.05) is 25.5 Å². The summed E-state index contributed by atoms with van der Waals surface area (Å²) in [5, 5.41) is 3.39. The zero-order valence-corrected chi connectivity index (χ0v) is 14.7. The maximum atomic E-state index is 5.12. The molecule has 0 aromatic carbocycles. The van der Waals surface area contributed by atoms with Crippen LogP contribution in [0.4, 0.5) is 5.82 Å². The van der Waals surface area contributed by atoms with E-state index in [-0.39, 0.29) is 5.41 Å². The highest BCUT2D eigenvalue weighted by molar-refractivity contribution is 14.1. The number of nitrogens with one attached hydrogen (secondary N) is 1. The van der Waals surface area contributed by atoms with Crippen LogP contribution < -0.4 is 5.32 Å². The lowest BCUT2D eigenvalue weighted by Gasteiger charge is -2.22. The first-order chi connectivity index (χ1) is 8.90. The van der Waals surface area contributed by atoms with Gasteiger partial charge in [-0.05, 0) is 29.0 Å². The molecule has 0 atom stereocenters. The molecule has 1 N–H and O–H groups in total. The summed E-state index contributed by atoms with van der Waals surface area (Å²) in [5.41, 5.74) is 1.12. The van der Waals surface area contributed by atoms with Crippen LogP contribution in [0.25, 0.3) is 0 Å². The fourth-order valence-electron chi connectivity index (χ4n) is 1.66. The number of aromatic nitrogens is 2. The average Bonchev–Trinajstić information content (AvgIpc) is 2.34. The minimum atomic E-state index is 0.0178. The molecule has 0 fully saturated rings. The monoisotopic (exact) mass is 377 g/mol. The molecule has 1 aromatic heterocycles. The predicted octanol–water partition coefficient (Wildman–Crippen LogP) is 3.39. The summed E-state index contributed by atoms with van der Waals surface area (Å²) in [7, 11) is 1.70. The molecule has 0 amide bonds. The van der Waals surface area contributed by atoms with Crippen molar-refractivity contribution in [3.63, 3.8) is 0 Å². The number of hydrogen-bond donors (Lipinski definition) is 1.